The lowest BCUT2D eigenvalue weighted by atomic mass is 10.2. The molecule has 3 heteroatoms. The molecule has 2 nitrogen and oxygen atoms in total. The summed E-state index contributed by atoms with van der Waals surface area (Å²) in [6.45, 7) is 0.702. The van der Waals surface area contributed by atoms with Crippen LogP contribution in [0, 0.1) is 5.92 Å². The maximum absolute atomic E-state index is 12.3. The van der Waals surface area contributed by atoms with Crippen molar-refractivity contribution in [2.45, 2.75) is 18.9 Å². The molecule has 1 aromatic carbocycles. The van der Waals surface area contributed by atoms with Gasteiger partial charge in [-0.25, -0.2) is 0 Å². The van der Waals surface area contributed by atoms with Crippen LogP contribution in [0.1, 0.15) is 22.8 Å². The van der Waals surface area contributed by atoms with Gasteiger partial charge in [-0.2, -0.15) is 0 Å². The molecule has 0 radical (unpaired) electrons. The Bertz CT molecular complexity index is 549. The van der Waals surface area contributed by atoms with Gasteiger partial charge in [-0.1, -0.05) is 36.4 Å². The van der Waals surface area contributed by atoms with Crippen molar-refractivity contribution in [3.63, 3.8) is 0 Å². The van der Waals surface area contributed by atoms with Crippen molar-refractivity contribution in [2.75, 3.05) is 7.05 Å². The fourth-order valence-electron chi connectivity index (χ4n) is 2.50. The van der Waals surface area contributed by atoms with Gasteiger partial charge >= 0.3 is 0 Å². The van der Waals surface area contributed by atoms with Gasteiger partial charge in [0, 0.05) is 30.3 Å². The molecule has 2 atom stereocenters. The molecule has 1 aliphatic rings. The molecule has 98 valence electrons. The molecule has 2 aromatic rings. The summed E-state index contributed by atoms with van der Waals surface area (Å²) >= 11 is 1.76. The predicted octanol–water partition coefficient (Wildman–Crippen LogP) is 3.51. The minimum absolute atomic E-state index is 0.201. The SMILES string of the molecule is CN(Cc1ccccc1)C(=O)C1CC1c1cccs1. The van der Waals surface area contributed by atoms with E-state index in [1.807, 2.05) is 30.1 Å². The van der Waals surface area contributed by atoms with Gasteiger partial charge in [0.15, 0.2) is 0 Å². The topological polar surface area (TPSA) is 20.3 Å². The second-order valence-corrected chi connectivity index (χ2v) is 6.12. The first-order valence-electron chi connectivity index (χ1n) is 6.58. The molecule has 1 saturated carbocycles. The Morgan fingerprint density at radius 3 is 2.74 bits per heavy atom. The number of carbonyl (C=O) groups is 1. The summed E-state index contributed by atoms with van der Waals surface area (Å²) in [4.78, 5) is 15.6. The zero-order valence-corrected chi connectivity index (χ0v) is 11.8. The van der Waals surface area contributed by atoms with Crippen molar-refractivity contribution in [3.8, 4) is 0 Å². The highest BCUT2D eigenvalue weighted by Crippen LogP contribution is 2.49. The number of hydrogen-bond donors (Lipinski definition) is 0. The smallest absolute Gasteiger partial charge is 0.226 e. The maximum Gasteiger partial charge on any atom is 0.226 e. The first kappa shape index (κ1) is 12.4. The van der Waals surface area contributed by atoms with E-state index in [9.17, 15) is 4.79 Å². The van der Waals surface area contributed by atoms with E-state index in [4.69, 9.17) is 0 Å². The lowest BCUT2D eigenvalue weighted by molar-refractivity contribution is -0.131. The van der Waals surface area contributed by atoms with Gasteiger partial charge in [0.05, 0.1) is 0 Å². The minimum Gasteiger partial charge on any atom is -0.341 e. The van der Waals surface area contributed by atoms with Crippen molar-refractivity contribution in [1.82, 2.24) is 4.90 Å². The number of benzene rings is 1. The summed E-state index contributed by atoms with van der Waals surface area (Å²) < 4.78 is 0. The van der Waals surface area contributed by atoms with Gasteiger partial charge in [0.1, 0.15) is 0 Å². The largest absolute Gasteiger partial charge is 0.341 e. The first-order chi connectivity index (χ1) is 9.25. The highest BCUT2D eigenvalue weighted by molar-refractivity contribution is 7.10. The minimum atomic E-state index is 0.201. The third-order valence-corrected chi connectivity index (χ3v) is 4.66. The Kier molecular flexibility index (Phi) is 3.38. The van der Waals surface area contributed by atoms with Crippen LogP contribution in [0.5, 0.6) is 0 Å². The van der Waals surface area contributed by atoms with E-state index in [1.165, 1.54) is 10.4 Å². The molecule has 1 aromatic heterocycles. The standard InChI is InChI=1S/C16H17NOS/c1-17(11-12-6-3-2-4-7-12)16(18)14-10-13(14)15-8-5-9-19-15/h2-9,13-14H,10-11H2,1H3. The number of thiophene rings is 1. The Morgan fingerprint density at radius 1 is 1.26 bits per heavy atom. The Labute approximate surface area is 117 Å². The third kappa shape index (κ3) is 2.71. The average Bonchev–Trinajstić information content (AvgIpc) is 3.04. The molecule has 0 N–H and O–H groups in total. The third-order valence-electron chi connectivity index (χ3n) is 3.66. The number of hydrogen-bond acceptors (Lipinski definition) is 2. The summed E-state index contributed by atoms with van der Waals surface area (Å²) in [6.07, 6.45) is 1.01. The van der Waals surface area contributed by atoms with E-state index < -0.39 is 0 Å². The van der Waals surface area contributed by atoms with E-state index >= 15 is 0 Å². The first-order valence-corrected chi connectivity index (χ1v) is 7.46. The lowest BCUT2D eigenvalue weighted by Crippen LogP contribution is -2.27. The number of nitrogens with zero attached hydrogens (tertiary/aromatic N) is 1. The van der Waals surface area contributed by atoms with Crippen LogP contribution in [0.4, 0.5) is 0 Å². The van der Waals surface area contributed by atoms with Crippen molar-refractivity contribution >= 4 is 17.2 Å². The van der Waals surface area contributed by atoms with Crippen LogP contribution in [-0.4, -0.2) is 17.9 Å². The molecule has 1 amide bonds. The van der Waals surface area contributed by atoms with E-state index in [-0.39, 0.29) is 11.8 Å². The van der Waals surface area contributed by atoms with Crippen molar-refractivity contribution in [2.24, 2.45) is 5.92 Å². The van der Waals surface area contributed by atoms with E-state index in [1.54, 1.807) is 11.3 Å². The number of rotatable bonds is 4. The van der Waals surface area contributed by atoms with Gasteiger partial charge in [0.25, 0.3) is 0 Å². The Hall–Kier alpha value is -1.61. The second kappa shape index (κ2) is 5.17. The Balaban J connectivity index is 1.60. The normalized spacial score (nSPS) is 21.1. The fourth-order valence-corrected chi connectivity index (χ4v) is 3.41. The van der Waals surface area contributed by atoms with Gasteiger partial charge < -0.3 is 4.90 Å². The summed E-state index contributed by atoms with van der Waals surface area (Å²) in [5.74, 6) is 0.945. The van der Waals surface area contributed by atoms with Gasteiger partial charge in [-0.3, -0.25) is 4.79 Å². The van der Waals surface area contributed by atoms with Crippen LogP contribution >= 0.6 is 11.3 Å². The van der Waals surface area contributed by atoms with Gasteiger partial charge in [-0.05, 0) is 23.4 Å². The van der Waals surface area contributed by atoms with Crippen LogP contribution in [0.15, 0.2) is 47.8 Å². The second-order valence-electron chi connectivity index (χ2n) is 5.14. The van der Waals surface area contributed by atoms with Crippen LogP contribution in [0.25, 0.3) is 0 Å². The number of amides is 1. The zero-order chi connectivity index (χ0) is 13.2. The van der Waals surface area contributed by atoms with Crippen LogP contribution in [-0.2, 0) is 11.3 Å². The molecule has 0 saturated heterocycles. The summed E-state index contributed by atoms with van der Waals surface area (Å²) in [6, 6.07) is 14.4. The molecule has 1 fully saturated rings. The van der Waals surface area contributed by atoms with Crippen molar-refractivity contribution in [1.29, 1.82) is 0 Å². The summed E-state index contributed by atoms with van der Waals surface area (Å²) in [7, 11) is 1.90. The molecule has 19 heavy (non-hydrogen) atoms. The zero-order valence-electron chi connectivity index (χ0n) is 11.0. The summed E-state index contributed by atoms with van der Waals surface area (Å²) in [5, 5.41) is 2.09. The van der Waals surface area contributed by atoms with E-state index in [0.29, 0.717) is 12.5 Å². The number of carbonyl (C=O) groups excluding carboxylic acids is 1. The van der Waals surface area contributed by atoms with Gasteiger partial charge in [-0.15, -0.1) is 11.3 Å². The maximum atomic E-state index is 12.3. The highest BCUT2D eigenvalue weighted by Gasteiger charge is 2.45. The van der Waals surface area contributed by atoms with E-state index in [2.05, 4.69) is 29.6 Å². The van der Waals surface area contributed by atoms with Crippen LogP contribution in [0.3, 0.4) is 0 Å². The Morgan fingerprint density at radius 2 is 2.05 bits per heavy atom. The fraction of sp³-hybridized carbons (Fsp3) is 0.312. The molecule has 0 bridgehead atoms. The van der Waals surface area contributed by atoms with Crippen molar-refractivity contribution < 1.29 is 4.79 Å². The molecule has 0 aliphatic heterocycles. The molecule has 3 rings (SSSR count). The molecular formula is C16H17NOS. The van der Waals surface area contributed by atoms with Crippen molar-refractivity contribution in [3.05, 3.63) is 58.3 Å². The quantitative estimate of drug-likeness (QED) is 0.833. The molecular weight excluding hydrogens is 254 g/mol. The van der Waals surface area contributed by atoms with E-state index in [0.717, 1.165) is 6.42 Å². The molecule has 1 heterocycles. The monoisotopic (exact) mass is 271 g/mol. The summed E-state index contributed by atoms with van der Waals surface area (Å²) in [5.41, 5.74) is 1.19. The molecule has 0 spiro atoms. The highest BCUT2D eigenvalue weighted by atomic mass is 32.1. The lowest BCUT2D eigenvalue weighted by Gasteiger charge is -2.17. The van der Waals surface area contributed by atoms with Crippen LogP contribution in [0.2, 0.25) is 0 Å². The van der Waals surface area contributed by atoms with Crippen LogP contribution < -0.4 is 0 Å². The molecule has 1 aliphatic carbocycles. The van der Waals surface area contributed by atoms with Gasteiger partial charge in [0.2, 0.25) is 5.91 Å². The average molecular weight is 271 g/mol. The predicted molar refractivity (Wildman–Crippen MR) is 78.1 cm³/mol. The molecule has 2 unspecified atom stereocenters.